The lowest BCUT2D eigenvalue weighted by Crippen LogP contribution is -2.37. The summed E-state index contributed by atoms with van der Waals surface area (Å²) in [4.78, 5) is 37.6. The Morgan fingerprint density at radius 1 is 0.417 bits per heavy atom. The molecule has 428 valence electrons. The van der Waals surface area contributed by atoms with E-state index >= 15 is 0 Å². The lowest BCUT2D eigenvalue weighted by molar-refractivity contribution is -0.870. The van der Waals surface area contributed by atoms with Crippen molar-refractivity contribution in [2.24, 2.45) is 0 Å². The molecule has 2 atom stereocenters. The van der Waals surface area contributed by atoms with Crippen LogP contribution in [0.5, 0.6) is 0 Å². The van der Waals surface area contributed by atoms with E-state index in [9.17, 15) is 19.0 Å². The average molecular weight is 1040 g/mol. The molecule has 10 heteroatoms. The first kappa shape index (κ1) is 70.8. The minimum Gasteiger partial charge on any atom is -0.756 e. The number of ether oxygens (including phenoxy) is 2. The van der Waals surface area contributed by atoms with Gasteiger partial charge in [0.15, 0.2) is 6.10 Å². The predicted molar refractivity (Wildman–Crippen MR) is 305 cm³/mol. The standard InChI is InChI=1S/C62H122NO8P/c1-6-8-10-12-14-16-17-18-19-20-21-22-23-24-25-26-27-28-29-30-31-32-33-34-35-36-37-38-39-40-41-42-43-44-45-47-49-51-53-55-62(65)71-60(59-70-72(66,67)69-57-56-63(3,4)5)58-68-61(64)54-52-50-48-46-15-13-11-9-7-2/h20-21,60H,6-19,22-59H2,1-5H3/b21-20-. The highest BCUT2D eigenvalue weighted by molar-refractivity contribution is 7.45. The zero-order chi connectivity index (χ0) is 52.7. The number of allylic oxidation sites excluding steroid dienone is 2. The number of likely N-dealkylation sites (N-methyl/N-ethyl adjacent to an activating group) is 1. The van der Waals surface area contributed by atoms with Gasteiger partial charge < -0.3 is 27.9 Å². The molecule has 0 bridgehead atoms. The molecule has 0 radical (unpaired) electrons. The Hall–Kier alpha value is -1.25. The fraction of sp³-hybridized carbons (Fsp3) is 0.935. The number of carbonyl (C=O) groups excluding carboxylic acids is 2. The smallest absolute Gasteiger partial charge is 0.306 e. The number of quaternary nitrogens is 1. The highest BCUT2D eigenvalue weighted by Crippen LogP contribution is 2.38. The number of unbranched alkanes of at least 4 members (excludes halogenated alkanes) is 43. The molecule has 0 saturated heterocycles. The summed E-state index contributed by atoms with van der Waals surface area (Å²) in [5, 5.41) is 0. The van der Waals surface area contributed by atoms with Crippen LogP contribution in [-0.2, 0) is 32.7 Å². The number of phosphoric acid groups is 1. The van der Waals surface area contributed by atoms with Crippen molar-refractivity contribution in [3.8, 4) is 0 Å². The summed E-state index contributed by atoms with van der Waals surface area (Å²) in [5.41, 5.74) is 0. The van der Waals surface area contributed by atoms with Gasteiger partial charge in [-0.15, -0.1) is 0 Å². The molecule has 0 aliphatic rings. The van der Waals surface area contributed by atoms with Gasteiger partial charge in [-0.2, -0.15) is 0 Å². The van der Waals surface area contributed by atoms with E-state index in [0.717, 1.165) is 32.1 Å². The summed E-state index contributed by atoms with van der Waals surface area (Å²) in [6.45, 7) is 4.26. The molecule has 0 heterocycles. The van der Waals surface area contributed by atoms with Gasteiger partial charge in [0, 0.05) is 12.8 Å². The van der Waals surface area contributed by atoms with E-state index in [1.807, 2.05) is 21.1 Å². The van der Waals surface area contributed by atoms with Crippen LogP contribution in [0.25, 0.3) is 0 Å². The van der Waals surface area contributed by atoms with E-state index in [2.05, 4.69) is 26.0 Å². The van der Waals surface area contributed by atoms with Gasteiger partial charge in [-0.25, -0.2) is 0 Å². The normalized spacial score (nSPS) is 13.2. The van der Waals surface area contributed by atoms with E-state index in [1.165, 1.54) is 257 Å². The fourth-order valence-electron chi connectivity index (χ4n) is 9.42. The van der Waals surface area contributed by atoms with Gasteiger partial charge in [0.25, 0.3) is 7.82 Å². The Labute approximate surface area is 447 Å². The van der Waals surface area contributed by atoms with E-state index in [1.54, 1.807) is 0 Å². The van der Waals surface area contributed by atoms with E-state index in [4.69, 9.17) is 18.5 Å². The highest BCUT2D eigenvalue weighted by Gasteiger charge is 2.22. The van der Waals surface area contributed by atoms with Gasteiger partial charge in [-0.3, -0.25) is 14.2 Å². The molecule has 0 aliphatic carbocycles. The van der Waals surface area contributed by atoms with Crippen LogP contribution in [0.1, 0.15) is 322 Å². The molecular formula is C62H122NO8P. The van der Waals surface area contributed by atoms with Crippen molar-refractivity contribution in [1.29, 1.82) is 0 Å². The quantitative estimate of drug-likeness (QED) is 0.0195. The number of hydrogen-bond acceptors (Lipinski definition) is 8. The number of rotatable bonds is 59. The lowest BCUT2D eigenvalue weighted by atomic mass is 10.0. The van der Waals surface area contributed by atoms with E-state index in [-0.39, 0.29) is 32.0 Å². The first-order chi connectivity index (χ1) is 35.0. The van der Waals surface area contributed by atoms with Gasteiger partial charge in [0.05, 0.1) is 27.7 Å². The van der Waals surface area contributed by atoms with Gasteiger partial charge in [0.2, 0.25) is 0 Å². The SMILES string of the molecule is CCCCCCCCCC/C=C\CCCCCCCCCCCCCCCCCCCCCCCCCCCCCC(=O)OC(COC(=O)CCCCCCCCCCC)COP(=O)([O-])OCC[N+](C)(C)C. The van der Waals surface area contributed by atoms with E-state index < -0.39 is 26.5 Å². The highest BCUT2D eigenvalue weighted by atomic mass is 31.2. The molecule has 0 saturated carbocycles. The molecular weight excluding hydrogens is 918 g/mol. The molecule has 0 aromatic carbocycles. The van der Waals surface area contributed by atoms with Crippen LogP contribution in [-0.4, -0.2) is 70.0 Å². The van der Waals surface area contributed by atoms with Gasteiger partial charge >= 0.3 is 11.9 Å². The maximum atomic E-state index is 12.8. The van der Waals surface area contributed by atoms with Crippen LogP contribution >= 0.6 is 7.82 Å². The third-order valence-corrected chi connectivity index (χ3v) is 15.2. The van der Waals surface area contributed by atoms with Crippen LogP contribution in [0.4, 0.5) is 0 Å². The first-order valence-electron chi connectivity index (χ1n) is 31.4. The second-order valence-electron chi connectivity index (χ2n) is 22.8. The van der Waals surface area contributed by atoms with Crippen molar-refractivity contribution >= 4 is 19.8 Å². The zero-order valence-electron chi connectivity index (χ0n) is 48.7. The number of hydrogen-bond donors (Lipinski definition) is 0. The average Bonchev–Trinajstić information content (AvgIpc) is 3.34. The minimum atomic E-state index is -4.62. The van der Waals surface area contributed by atoms with Crippen LogP contribution in [0.3, 0.4) is 0 Å². The van der Waals surface area contributed by atoms with Crippen LogP contribution in [0.2, 0.25) is 0 Å². The van der Waals surface area contributed by atoms with E-state index in [0.29, 0.717) is 17.4 Å². The number of carbonyl (C=O) groups is 2. The molecule has 72 heavy (non-hydrogen) atoms. The molecule has 0 aromatic rings. The predicted octanol–water partition coefficient (Wildman–Crippen LogP) is 19.0. The third-order valence-electron chi connectivity index (χ3n) is 14.3. The summed E-state index contributed by atoms with van der Waals surface area (Å²) >= 11 is 0. The Bertz CT molecular complexity index is 1220. The molecule has 0 N–H and O–H groups in total. The fourth-order valence-corrected chi connectivity index (χ4v) is 10.1. The molecule has 0 aliphatic heterocycles. The second kappa shape index (κ2) is 54.5. The monoisotopic (exact) mass is 1040 g/mol. The molecule has 9 nitrogen and oxygen atoms in total. The van der Waals surface area contributed by atoms with Crippen molar-refractivity contribution in [3.05, 3.63) is 12.2 Å². The Morgan fingerprint density at radius 2 is 0.708 bits per heavy atom. The van der Waals surface area contributed by atoms with Crippen LogP contribution < -0.4 is 4.89 Å². The van der Waals surface area contributed by atoms with Crippen molar-refractivity contribution in [2.45, 2.75) is 328 Å². The van der Waals surface area contributed by atoms with Crippen molar-refractivity contribution in [1.82, 2.24) is 0 Å². The number of nitrogens with zero attached hydrogens (tertiary/aromatic N) is 1. The van der Waals surface area contributed by atoms with Crippen molar-refractivity contribution in [2.75, 3.05) is 47.5 Å². The molecule has 2 unspecified atom stereocenters. The van der Waals surface area contributed by atoms with Gasteiger partial charge in [-0.1, -0.05) is 283 Å². The largest absolute Gasteiger partial charge is 0.756 e. The Morgan fingerprint density at radius 3 is 1.03 bits per heavy atom. The lowest BCUT2D eigenvalue weighted by Gasteiger charge is -2.28. The summed E-state index contributed by atoms with van der Waals surface area (Å²) < 4.78 is 34.0. The van der Waals surface area contributed by atoms with Gasteiger partial charge in [0.1, 0.15) is 19.8 Å². The van der Waals surface area contributed by atoms with Gasteiger partial charge in [-0.05, 0) is 38.5 Å². The summed E-state index contributed by atoms with van der Waals surface area (Å²) in [6.07, 6.45) is 64.7. The summed E-state index contributed by atoms with van der Waals surface area (Å²) in [7, 11) is 1.19. The molecule has 0 aromatic heterocycles. The summed E-state index contributed by atoms with van der Waals surface area (Å²) in [6, 6.07) is 0. The zero-order valence-corrected chi connectivity index (χ0v) is 49.6. The first-order valence-corrected chi connectivity index (χ1v) is 32.9. The second-order valence-corrected chi connectivity index (χ2v) is 24.2. The number of phosphoric ester groups is 1. The van der Waals surface area contributed by atoms with Crippen molar-refractivity contribution < 1.29 is 42.1 Å². The molecule has 0 spiro atoms. The summed E-state index contributed by atoms with van der Waals surface area (Å²) in [5.74, 6) is -0.819. The van der Waals surface area contributed by atoms with Crippen molar-refractivity contribution in [3.63, 3.8) is 0 Å². The maximum absolute atomic E-state index is 12.8. The molecule has 0 rings (SSSR count). The Kier molecular flexibility index (Phi) is 53.6. The van der Waals surface area contributed by atoms with Crippen LogP contribution in [0.15, 0.2) is 12.2 Å². The molecule has 0 fully saturated rings. The number of esters is 2. The Balaban J connectivity index is 3.77. The third kappa shape index (κ3) is 58.0. The maximum Gasteiger partial charge on any atom is 0.306 e. The van der Waals surface area contributed by atoms with Crippen LogP contribution in [0, 0.1) is 0 Å². The minimum absolute atomic E-state index is 0.0262. The molecule has 0 amide bonds. The topological polar surface area (TPSA) is 111 Å².